The predicted octanol–water partition coefficient (Wildman–Crippen LogP) is 4.02. The number of methoxy groups -OCH3 is 1. The van der Waals surface area contributed by atoms with Crippen LogP contribution in [0.2, 0.25) is 0 Å². The zero-order chi connectivity index (χ0) is 19.1. The smallest absolute Gasteiger partial charge is 0.194 e. The quantitative estimate of drug-likeness (QED) is 0.321. The summed E-state index contributed by atoms with van der Waals surface area (Å²) >= 11 is 3.51. The van der Waals surface area contributed by atoms with Gasteiger partial charge in [-0.15, -0.1) is 24.0 Å². The first-order chi connectivity index (χ1) is 12.5. The van der Waals surface area contributed by atoms with Crippen LogP contribution >= 0.6 is 39.9 Å². The molecular weight excluding hydrogens is 523 g/mol. The molecule has 0 unspecified atom stereocenters. The maximum Gasteiger partial charge on any atom is 0.194 e. The minimum absolute atomic E-state index is 0. The van der Waals surface area contributed by atoms with E-state index in [-0.39, 0.29) is 24.0 Å². The van der Waals surface area contributed by atoms with Crippen molar-refractivity contribution >= 4 is 45.9 Å². The molecule has 1 heterocycles. The Balaban J connectivity index is 0.00000364. The van der Waals surface area contributed by atoms with Crippen LogP contribution in [0.15, 0.2) is 39.9 Å². The van der Waals surface area contributed by atoms with E-state index in [0.29, 0.717) is 13.2 Å². The summed E-state index contributed by atoms with van der Waals surface area (Å²) in [5, 5.41) is 3.39. The fourth-order valence-corrected chi connectivity index (χ4v) is 3.28. The third-order valence-electron chi connectivity index (χ3n) is 4.03. The molecule has 0 aliphatic carbocycles. The standard InChI is InChI=1S/C19H27BrN4O2.HI/c1-6-26-17-8-7-14(9-18(17)25-5)11-22-19(21-2)24(4)13-16-10-15(20)12-23(16)3;/h7-10,12H,6,11,13H2,1-5H3,(H,21,22);1H. The lowest BCUT2D eigenvalue weighted by molar-refractivity contribution is 0.310. The van der Waals surface area contributed by atoms with E-state index in [1.807, 2.05) is 45.4 Å². The van der Waals surface area contributed by atoms with Gasteiger partial charge in [0.2, 0.25) is 0 Å². The van der Waals surface area contributed by atoms with Crippen molar-refractivity contribution < 1.29 is 9.47 Å². The summed E-state index contributed by atoms with van der Waals surface area (Å²) in [7, 11) is 7.50. The van der Waals surface area contributed by atoms with Crippen LogP contribution < -0.4 is 14.8 Å². The molecule has 6 nitrogen and oxygen atoms in total. The highest BCUT2D eigenvalue weighted by atomic mass is 127. The highest BCUT2D eigenvalue weighted by Gasteiger charge is 2.11. The second-order valence-electron chi connectivity index (χ2n) is 5.94. The number of guanidine groups is 1. The molecule has 1 aromatic heterocycles. The van der Waals surface area contributed by atoms with E-state index in [9.17, 15) is 0 Å². The monoisotopic (exact) mass is 550 g/mol. The molecule has 0 atom stereocenters. The number of halogens is 2. The van der Waals surface area contributed by atoms with Crippen molar-refractivity contribution in [1.29, 1.82) is 0 Å². The number of benzene rings is 1. The minimum Gasteiger partial charge on any atom is -0.493 e. The number of rotatable bonds is 7. The number of aryl methyl sites for hydroxylation is 1. The summed E-state index contributed by atoms with van der Waals surface area (Å²) in [5.41, 5.74) is 2.30. The molecule has 2 rings (SSSR count). The highest BCUT2D eigenvalue weighted by Crippen LogP contribution is 2.28. The average molecular weight is 551 g/mol. The van der Waals surface area contributed by atoms with Crippen molar-refractivity contribution in [3.63, 3.8) is 0 Å². The van der Waals surface area contributed by atoms with Crippen LogP contribution in [-0.4, -0.2) is 43.2 Å². The first kappa shape index (κ1) is 23.6. The number of hydrogen-bond acceptors (Lipinski definition) is 3. The van der Waals surface area contributed by atoms with E-state index in [1.165, 1.54) is 5.69 Å². The van der Waals surface area contributed by atoms with E-state index in [1.54, 1.807) is 14.2 Å². The molecule has 1 N–H and O–H groups in total. The normalized spacial score (nSPS) is 11.0. The Hall–Kier alpha value is -1.42. The average Bonchev–Trinajstić information content (AvgIpc) is 2.93. The number of nitrogens with one attached hydrogen (secondary N) is 1. The summed E-state index contributed by atoms with van der Waals surface area (Å²) in [6, 6.07) is 8.07. The number of aromatic nitrogens is 1. The predicted molar refractivity (Wildman–Crippen MR) is 124 cm³/mol. The summed E-state index contributed by atoms with van der Waals surface area (Å²) in [4.78, 5) is 6.47. The fraction of sp³-hybridized carbons (Fsp3) is 0.421. The van der Waals surface area contributed by atoms with E-state index in [4.69, 9.17) is 9.47 Å². The zero-order valence-electron chi connectivity index (χ0n) is 16.5. The maximum absolute atomic E-state index is 5.56. The fourth-order valence-electron chi connectivity index (χ4n) is 2.70. The van der Waals surface area contributed by atoms with Crippen LogP contribution in [0.25, 0.3) is 0 Å². The Morgan fingerprint density at radius 1 is 1.30 bits per heavy atom. The van der Waals surface area contributed by atoms with E-state index in [0.717, 1.165) is 34.0 Å². The summed E-state index contributed by atoms with van der Waals surface area (Å²) in [5.74, 6) is 2.33. The van der Waals surface area contributed by atoms with Gasteiger partial charge in [0.1, 0.15) is 0 Å². The molecule has 0 bridgehead atoms. The van der Waals surface area contributed by atoms with Gasteiger partial charge in [0.15, 0.2) is 17.5 Å². The van der Waals surface area contributed by atoms with Crippen LogP contribution in [0.3, 0.4) is 0 Å². The van der Waals surface area contributed by atoms with Gasteiger partial charge in [-0.25, -0.2) is 0 Å². The summed E-state index contributed by atoms with van der Waals surface area (Å²) in [6.07, 6.45) is 2.05. The summed E-state index contributed by atoms with van der Waals surface area (Å²) in [6.45, 7) is 3.98. The molecule has 8 heteroatoms. The Bertz CT molecular complexity index is 764. The van der Waals surface area contributed by atoms with Crippen LogP contribution in [0, 0.1) is 0 Å². The third-order valence-corrected chi connectivity index (χ3v) is 4.46. The van der Waals surface area contributed by atoms with Crippen LogP contribution in [0.5, 0.6) is 11.5 Å². The second-order valence-corrected chi connectivity index (χ2v) is 6.85. The van der Waals surface area contributed by atoms with Crippen molar-refractivity contribution in [1.82, 2.24) is 14.8 Å². The van der Waals surface area contributed by atoms with Gasteiger partial charge in [0.05, 0.1) is 20.3 Å². The SMILES string of the molecule is CCOc1ccc(CNC(=NC)N(C)Cc2cc(Br)cn2C)cc1OC.I. The maximum atomic E-state index is 5.56. The molecule has 0 saturated heterocycles. The Kier molecular flexibility index (Phi) is 10.00. The Morgan fingerprint density at radius 2 is 2.04 bits per heavy atom. The van der Waals surface area contributed by atoms with Gasteiger partial charge >= 0.3 is 0 Å². The molecule has 2 aromatic rings. The lowest BCUT2D eigenvalue weighted by atomic mass is 10.2. The molecule has 0 amide bonds. The molecule has 0 fully saturated rings. The molecule has 0 saturated carbocycles. The lowest BCUT2D eigenvalue weighted by Gasteiger charge is -2.22. The molecule has 0 spiro atoms. The zero-order valence-corrected chi connectivity index (χ0v) is 20.4. The van der Waals surface area contributed by atoms with Gasteiger partial charge in [0, 0.05) is 44.1 Å². The van der Waals surface area contributed by atoms with Crippen molar-refractivity contribution in [2.24, 2.45) is 12.0 Å². The van der Waals surface area contributed by atoms with Crippen molar-refractivity contribution in [2.45, 2.75) is 20.0 Å². The van der Waals surface area contributed by atoms with Gasteiger partial charge < -0.3 is 24.3 Å². The second kappa shape index (κ2) is 11.4. The molecule has 0 aliphatic heterocycles. The van der Waals surface area contributed by atoms with Crippen LogP contribution in [-0.2, 0) is 20.1 Å². The van der Waals surface area contributed by atoms with Crippen LogP contribution in [0.1, 0.15) is 18.2 Å². The topological polar surface area (TPSA) is 51.0 Å². The van der Waals surface area contributed by atoms with E-state index >= 15 is 0 Å². The Morgan fingerprint density at radius 3 is 2.59 bits per heavy atom. The molecule has 1 aromatic carbocycles. The molecule has 27 heavy (non-hydrogen) atoms. The largest absolute Gasteiger partial charge is 0.493 e. The van der Waals surface area contributed by atoms with E-state index in [2.05, 4.69) is 41.8 Å². The van der Waals surface area contributed by atoms with Gasteiger partial charge in [-0.05, 0) is 46.6 Å². The van der Waals surface area contributed by atoms with Crippen LogP contribution in [0.4, 0.5) is 0 Å². The van der Waals surface area contributed by atoms with Gasteiger partial charge in [-0.1, -0.05) is 6.07 Å². The molecule has 0 radical (unpaired) electrons. The van der Waals surface area contributed by atoms with Crippen molar-refractivity contribution in [3.05, 3.63) is 46.2 Å². The summed E-state index contributed by atoms with van der Waals surface area (Å²) < 4.78 is 14.2. The first-order valence-electron chi connectivity index (χ1n) is 8.50. The minimum atomic E-state index is 0. The molecule has 150 valence electrons. The van der Waals surface area contributed by atoms with Crippen molar-refractivity contribution in [2.75, 3.05) is 27.8 Å². The highest BCUT2D eigenvalue weighted by molar-refractivity contribution is 14.0. The van der Waals surface area contributed by atoms with Gasteiger partial charge in [0.25, 0.3) is 0 Å². The number of hydrogen-bond donors (Lipinski definition) is 1. The third kappa shape index (κ3) is 6.60. The van der Waals surface area contributed by atoms with Gasteiger partial charge in [-0.2, -0.15) is 0 Å². The number of aliphatic imine (C=N–C) groups is 1. The van der Waals surface area contributed by atoms with Gasteiger partial charge in [-0.3, -0.25) is 4.99 Å². The van der Waals surface area contributed by atoms with E-state index < -0.39 is 0 Å². The number of nitrogens with zero attached hydrogens (tertiary/aromatic N) is 3. The number of ether oxygens (including phenoxy) is 2. The first-order valence-corrected chi connectivity index (χ1v) is 9.30. The van der Waals surface area contributed by atoms with Crippen molar-refractivity contribution in [3.8, 4) is 11.5 Å². The lowest BCUT2D eigenvalue weighted by Crippen LogP contribution is -2.38. The Labute approximate surface area is 187 Å². The molecule has 0 aliphatic rings. The molecular formula is C19H28BrIN4O2.